The van der Waals surface area contributed by atoms with Gasteiger partial charge in [-0.05, 0) is 35.2 Å². The Hall–Kier alpha value is -3.68. The minimum Gasteiger partial charge on any atom is -0.497 e. The van der Waals surface area contributed by atoms with Crippen LogP contribution in [0, 0.1) is 0 Å². The lowest BCUT2D eigenvalue weighted by molar-refractivity contribution is -0.345. The van der Waals surface area contributed by atoms with Crippen LogP contribution in [-0.4, -0.2) is 32.9 Å². The van der Waals surface area contributed by atoms with Crippen LogP contribution in [0.2, 0.25) is 0 Å². The van der Waals surface area contributed by atoms with Crippen molar-refractivity contribution in [2.75, 3.05) is 13.7 Å². The van der Waals surface area contributed by atoms with E-state index >= 15 is 0 Å². The van der Waals surface area contributed by atoms with Crippen LogP contribution < -0.4 is 15.4 Å². The van der Waals surface area contributed by atoms with Crippen molar-refractivity contribution >= 4 is 22.4 Å². The number of ether oxygens (including phenoxy) is 2. The molecule has 0 atom stereocenters. The molecule has 1 N–H and O–H groups in total. The number of hydrogen-bond acceptors (Lipinski definition) is 5. The summed E-state index contributed by atoms with van der Waals surface area (Å²) in [4.78, 5) is 20.5. The lowest BCUT2D eigenvalue weighted by Gasteiger charge is -2.11. The highest BCUT2D eigenvalue weighted by Gasteiger charge is 2.20. The van der Waals surface area contributed by atoms with Gasteiger partial charge in [-0.25, -0.2) is 14.8 Å². The van der Waals surface area contributed by atoms with E-state index in [0.717, 1.165) is 22.3 Å². The average Bonchev–Trinajstić information content (AvgIpc) is 3.22. The van der Waals surface area contributed by atoms with Gasteiger partial charge in [-0.1, -0.05) is 18.7 Å². The molecule has 8 heteroatoms. The summed E-state index contributed by atoms with van der Waals surface area (Å²) in [5, 5.41) is 4.89. The average molecular weight is 378 g/mol. The Morgan fingerprint density at radius 1 is 1.29 bits per heavy atom. The van der Waals surface area contributed by atoms with Crippen LogP contribution in [-0.2, 0) is 11.3 Å². The minimum absolute atomic E-state index is 0.275. The number of rotatable bonds is 6. The first-order chi connectivity index (χ1) is 13.6. The van der Waals surface area contributed by atoms with E-state index in [1.54, 1.807) is 17.9 Å². The summed E-state index contributed by atoms with van der Waals surface area (Å²) in [6.07, 6.45) is 3.15. The largest absolute Gasteiger partial charge is 0.497 e. The molecule has 28 heavy (non-hydrogen) atoms. The molecule has 0 aliphatic carbocycles. The normalized spacial score (nSPS) is 11.1. The summed E-state index contributed by atoms with van der Waals surface area (Å²) >= 11 is 0. The maximum absolute atomic E-state index is 13.0. The lowest BCUT2D eigenvalue weighted by atomic mass is 10.2. The van der Waals surface area contributed by atoms with E-state index < -0.39 is 0 Å². The summed E-state index contributed by atoms with van der Waals surface area (Å²) in [7, 11) is 1.62. The molecule has 0 spiro atoms. The second-order valence-electron chi connectivity index (χ2n) is 6.22. The predicted octanol–water partition coefficient (Wildman–Crippen LogP) is 1.92. The van der Waals surface area contributed by atoms with Crippen molar-refractivity contribution in [3.05, 3.63) is 71.0 Å². The molecular weight excluding hydrogens is 358 g/mol. The predicted molar refractivity (Wildman–Crippen MR) is 104 cm³/mol. The summed E-state index contributed by atoms with van der Waals surface area (Å²) < 4.78 is 13.6. The Labute approximate surface area is 160 Å². The second-order valence-corrected chi connectivity index (χ2v) is 6.22. The van der Waals surface area contributed by atoms with Crippen molar-refractivity contribution in [3.63, 3.8) is 0 Å². The maximum Gasteiger partial charge on any atom is 0.425 e. The molecule has 0 saturated heterocycles. The molecule has 4 rings (SSSR count). The molecule has 0 bridgehead atoms. The molecule has 0 fully saturated rings. The molecule has 0 saturated carbocycles. The fourth-order valence-corrected chi connectivity index (χ4v) is 3.12. The number of aromatic amines is 1. The Balaban J connectivity index is 1.89. The smallest absolute Gasteiger partial charge is 0.425 e. The van der Waals surface area contributed by atoms with Crippen LogP contribution in [0.3, 0.4) is 0 Å². The molecule has 3 aromatic heterocycles. The van der Waals surface area contributed by atoms with Crippen molar-refractivity contribution in [1.29, 1.82) is 0 Å². The third-order valence-electron chi connectivity index (χ3n) is 4.52. The van der Waals surface area contributed by atoms with Crippen LogP contribution in [0.1, 0.15) is 18.1 Å². The first-order valence-electron chi connectivity index (χ1n) is 8.85. The quantitative estimate of drug-likeness (QED) is 0.479. The third-order valence-corrected chi connectivity index (χ3v) is 4.52. The molecular formula is C20H20N5O3+. The Morgan fingerprint density at radius 3 is 2.79 bits per heavy atom. The van der Waals surface area contributed by atoms with Gasteiger partial charge in [0.1, 0.15) is 11.5 Å². The summed E-state index contributed by atoms with van der Waals surface area (Å²) in [5.74, 6) is 1.29. The van der Waals surface area contributed by atoms with Crippen molar-refractivity contribution < 1.29 is 14.5 Å². The topological polar surface area (TPSA) is 84.8 Å². The van der Waals surface area contributed by atoms with Gasteiger partial charge in [0.05, 0.1) is 25.6 Å². The highest BCUT2D eigenvalue weighted by molar-refractivity contribution is 5.89. The van der Waals surface area contributed by atoms with E-state index in [0.29, 0.717) is 30.2 Å². The standard InChI is InChI=1S/C20H19N5O3/c1-4-28-13(2)15-9-17-18(21-10-15)24(20(26)25-19(17)22-12-23-25)11-14-5-7-16(27-3)8-6-14/h5-10,12H,2,4,11H2,1,3H3/p+1. The van der Waals surface area contributed by atoms with Gasteiger partial charge < -0.3 is 9.47 Å². The van der Waals surface area contributed by atoms with Gasteiger partial charge in [0.2, 0.25) is 0 Å². The molecule has 1 aromatic carbocycles. The molecule has 3 heterocycles. The van der Waals surface area contributed by atoms with Crippen molar-refractivity contribution in [3.8, 4) is 5.75 Å². The molecule has 0 unspecified atom stereocenters. The fraction of sp³-hybridized carbons (Fsp3) is 0.200. The summed E-state index contributed by atoms with van der Waals surface area (Å²) in [5.41, 5.74) is 2.55. The molecule has 4 aromatic rings. The Kier molecular flexibility index (Phi) is 4.52. The lowest BCUT2D eigenvalue weighted by Crippen LogP contribution is -2.29. The van der Waals surface area contributed by atoms with Gasteiger partial charge in [-0.2, -0.15) is 0 Å². The van der Waals surface area contributed by atoms with Gasteiger partial charge >= 0.3 is 5.69 Å². The van der Waals surface area contributed by atoms with E-state index in [1.165, 1.54) is 10.8 Å². The van der Waals surface area contributed by atoms with Gasteiger partial charge in [0.25, 0.3) is 12.0 Å². The number of fused-ring (bicyclic) bond motifs is 3. The number of H-pyrrole nitrogens is 1. The second kappa shape index (κ2) is 7.15. The van der Waals surface area contributed by atoms with E-state index in [2.05, 4.69) is 21.6 Å². The van der Waals surface area contributed by atoms with Crippen molar-refractivity contribution in [2.45, 2.75) is 13.5 Å². The molecule has 142 valence electrons. The number of aromatic nitrogens is 5. The minimum atomic E-state index is -0.275. The Bertz CT molecular complexity index is 1220. The van der Waals surface area contributed by atoms with Crippen molar-refractivity contribution in [2.24, 2.45) is 0 Å². The number of methoxy groups -OCH3 is 1. The maximum atomic E-state index is 13.0. The van der Waals surface area contributed by atoms with E-state index in [1.807, 2.05) is 37.3 Å². The molecule has 0 radical (unpaired) electrons. The number of pyridine rings is 1. The van der Waals surface area contributed by atoms with Gasteiger partial charge in [0, 0.05) is 16.9 Å². The van der Waals surface area contributed by atoms with Crippen LogP contribution >= 0.6 is 0 Å². The highest BCUT2D eigenvalue weighted by Crippen LogP contribution is 2.21. The SMILES string of the molecule is C=C(OCC)c1cnc2c(c1)c1[nH+]cnn1c(=O)n2Cc1ccc(OC)cc1. The van der Waals surface area contributed by atoms with Gasteiger partial charge in [-0.15, -0.1) is 0 Å². The zero-order valence-electron chi connectivity index (χ0n) is 15.7. The van der Waals surface area contributed by atoms with Crippen LogP contribution in [0.15, 0.2) is 54.2 Å². The first-order valence-corrected chi connectivity index (χ1v) is 8.85. The van der Waals surface area contributed by atoms with E-state index in [-0.39, 0.29) is 5.69 Å². The number of hydrogen-bond donors (Lipinski definition) is 0. The molecule has 0 amide bonds. The highest BCUT2D eigenvalue weighted by atomic mass is 16.5. The van der Waals surface area contributed by atoms with Crippen LogP contribution in [0.4, 0.5) is 0 Å². The fourth-order valence-electron chi connectivity index (χ4n) is 3.12. The van der Waals surface area contributed by atoms with E-state index in [4.69, 9.17) is 9.47 Å². The Morgan fingerprint density at radius 2 is 2.07 bits per heavy atom. The molecule has 0 aliphatic heterocycles. The molecule has 0 aliphatic rings. The van der Waals surface area contributed by atoms with Crippen LogP contribution in [0.25, 0.3) is 22.4 Å². The monoisotopic (exact) mass is 378 g/mol. The number of benzene rings is 1. The zero-order chi connectivity index (χ0) is 19.7. The third kappa shape index (κ3) is 2.98. The van der Waals surface area contributed by atoms with Crippen LogP contribution in [0.5, 0.6) is 5.75 Å². The number of nitrogens with zero attached hydrogens (tertiary/aromatic N) is 4. The summed E-state index contributed by atoms with van der Waals surface area (Å²) in [6.45, 7) is 6.71. The first kappa shape index (κ1) is 17.7. The zero-order valence-corrected chi connectivity index (χ0v) is 15.7. The molecule has 8 nitrogen and oxygen atoms in total. The van der Waals surface area contributed by atoms with Crippen molar-refractivity contribution in [1.82, 2.24) is 19.2 Å². The van der Waals surface area contributed by atoms with E-state index in [9.17, 15) is 4.79 Å². The van der Waals surface area contributed by atoms with Gasteiger partial charge in [0.15, 0.2) is 5.65 Å². The summed E-state index contributed by atoms with van der Waals surface area (Å²) in [6, 6.07) is 9.46. The van der Waals surface area contributed by atoms with Gasteiger partial charge in [-0.3, -0.25) is 4.57 Å². The number of nitrogens with one attached hydrogen (secondary N) is 1.